The average molecular weight is 568 g/mol. The second-order valence-electron chi connectivity index (χ2n) is 9.20. The van der Waals surface area contributed by atoms with E-state index in [9.17, 15) is 14.4 Å². The van der Waals surface area contributed by atoms with E-state index < -0.39 is 17.9 Å². The molecule has 2 atom stereocenters. The third kappa shape index (κ3) is 6.69. The molecule has 0 bridgehead atoms. The molecule has 1 aliphatic rings. The quantitative estimate of drug-likeness (QED) is 0.301. The highest BCUT2D eigenvalue weighted by atomic mass is 32.1. The smallest absolute Gasteiger partial charge is 0.270 e. The van der Waals surface area contributed by atoms with Crippen LogP contribution < -0.4 is 26.3 Å². The first-order valence-corrected chi connectivity index (χ1v) is 13.7. The number of nitrogens with one attached hydrogen (secondary N) is 1. The Bertz CT molecular complexity index is 1320. The number of carbonyl (C=O) groups is 3. The minimum Gasteiger partial charge on any atom is -0.497 e. The average Bonchev–Trinajstić information content (AvgIpc) is 3.62. The summed E-state index contributed by atoms with van der Waals surface area (Å²) in [5, 5.41) is 2.97. The van der Waals surface area contributed by atoms with Crippen molar-refractivity contribution in [2.24, 2.45) is 5.73 Å². The van der Waals surface area contributed by atoms with Crippen molar-refractivity contribution in [1.29, 1.82) is 0 Å². The zero-order valence-corrected chi connectivity index (χ0v) is 23.2. The van der Waals surface area contributed by atoms with Crippen LogP contribution in [0.4, 0.5) is 5.69 Å². The molecule has 3 aromatic rings. The van der Waals surface area contributed by atoms with Gasteiger partial charge in [0.25, 0.3) is 11.8 Å². The van der Waals surface area contributed by atoms with E-state index >= 15 is 0 Å². The highest BCUT2D eigenvalue weighted by molar-refractivity contribution is 7.09. The Morgan fingerprint density at radius 2 is 1.85 bits per heavy atom. The molecule has 0 spiro atoms. The molecule has 2 aromatic carbocycles. The fourth-order valence-corrected chi connectivity index (χ4v) is 5.23. The number of primary amides is 1. The van der Waals surface area contributed by atoms with Gasteiger partial charge >= 0.3 is 0 Å². The third-order valence-electron chi connectivity index (χ3n) is 6.52. The van der Waals surface area contributed by atoms with Crippen molar-refractivity contribution in [2.75, 3.05) is 32.6 Å². The van der Waals surface area contributed by atoms with Crippen LogP contribution in [-0.2, 0) is 16.1 Å². The molecule has 11 nitrogen and oxygen atoms in total. The van der Waals surface area contributed by atoms with E-state index in [0.717, 1.165) is 29.9 Å². The summed E-state index contributed by atoms with van der Waals surface area (Å²) >= 11 is 0.766. The Balaban J connectivity index is 1.75. The molecular weight excluding hydrogens is 534 g/mol. The first kappa shape index (κ1) is 28.8. The molecule has 5 N–H and O–H groups in total. The second kappa shape index (κ2) is 13.3. The van der Waals surface area contributed by atoms with Crippen molar-refractivity contribution in [3.8, 4) is 11.5 Å². The molecule has 1 fully saturated rings. The van der Waals surface area contributed by atoms with E-state index in [-0.39, 0.29) is 34.8 Å². The van der Waals surface area contributed by atoms with Crippen LogP contribution in [0.5, 0.6) is 11.5 Å². The first-order chi connectivity index (χ1) is 19.3. The maximum atomic E-state index is 14.1. The standard InChI is InChI=1S/C28H33N5O6S/c1-3-38-20-12-8-18(9-13-20)24(27(35)31-15-21-5-4-14-39-21)33(16-17-6-10-19(37-2)11-7-17)28(36)25-22(29)23(26(30)34)32-40-25/h6-13,21,24H,3-5,14-16,29H2,1-2H3,(H2,30,34)(H,31,35)/t21-,24+/m1/s1. The lowest BCUT2D eigenvalue weighted by Crippen LogP contribution is -2.45. The zero-order chi connectivity index (χ0) is 28.6. The maximum Gasteiger partial charge on any atom is 0.270 e. The van der Waals surface area contributed by atoms with Gasteiger partial charge in [-0.05, 0) is 66.7 Å². The third-order valence-corrected chi connectivity index (χ3v) is 7.37. The Labute approximate surface area is 236 Å². The monoisotopic (exact) mass is 567 g/mol. The number of hydrogen-bond acceptors (Lipinski definition) is 9. The van der Waals surface area contributed by atoms with Gasteiger partial charge < -0.3 is 35.9 Å². The molecule has 40 heavy (non-hydrogen) atoms. The lowest BCUT2D eigenvalue weighted by molar-refractivity contribution is -0.126. The van der Waals surface area contributed by atoms with E-state index in [1.54, 1.807) is 43.5 Å². The van der Waals surface area contributed by atoms with E-state index in [2.05, 4.69) is 9.69 Å². The van der Waals surface area contributed by atoms with Crippen LogP contribution in [0.1, 0.15) is 57.1 Å². The summed E-state index contributed by atoms with van der Waals surface area (Å²) in [5.41, 5.74) is 12.5. The molecule has 3 amide bonds. The Morgan fingerprint density at radius 3 is 2.42 bits per heavy atom. The van der Waals surface area contributed by atoms with Crippen molar-refractivity contribution in [3.05, 3.63) is 70.2 Å². The summed E-state index contributed by atoms with van der Waals surface area (Å²) in [5.74, 6) is -0.511. The van der Waals surface area contributed by atoms with Gasteiger partial charge in [0, 0.05) is 19.7 Å². The molecular formula is C28H33N5O6S. The van der Waals surface area contributed by atoms with Crippen LogP contribution in [0, 0.1) is 0 Å². The number of nitrogen functional groups attached to an aromatic ring is 1. The molecule has 0 aliphatic carbocycles. The van der Waals surface area contributed by atoms with Gasteiger partial charge in [-0.25, -0.2) is 0 Å². The molecule has 2 heterocycles. The van der Waals surface area contributed by atoms with Gasteiger partial charge in [-0.2, -0.15) is 4.37 Å². The highest BCUT2D eigenvalue weighted by Crippen LogP contribution is 2.31. The summed E-state index contributed by atoms with van der Waals surface area (Å²) in [4.78, 5) is 41.2. The Kier molecular flexibility index (Phi) is 9.56. The molecule has 12 heteroatoms. The molecule has 0 unspecified atom stereocenters. The molecule has 0 saturated carbocycles. The predicted molar refractivity (Wildman–Crippen MR) is 150 cm³/mol. The SMILES string of the molecule is CCOc1ccc([C@@H](C(=O)NC[C@H]2CCCO2)N(Cc2ccc(OC)cc2)C(=O)c2snc(C(N)=O)c2N)cc1. The van der Waals surface area contributed by atoms with Crippen LogP contribution in [0.25, 0.3) is 0 Å². The summed E-state index contributed by atoms with van der Waals surface area (Å²) in [6.07, 6.45) is 1.68. The van der Waals surface area contributed by atoms with Gasteiger partial charge in [0.1, 0.15) is 22.4 Å². The molecule has 1 aliphatic heterocycles. The normalized spacial score (nSPS) is 15.3. The molecule has 0 radical (unpaired) electrons. The molecule has 1 saturated heterocycles. The van der Waals surface area contributed by atoms with Crippen molar-refractivity contribution in [3.63, 3.8) is 0 Å². The summed E-state index contributed by atoms with van der Waals surface area (Å²) in [6.45, 7) is 3.38. The van der Waals surface area contributed by atoms with Crippen LogP contribution in [0.3, 0.4) is 0 Å². The van der Waals surface area contributed by atoms with Gasteiger partial charge in [0.05, 0.1) is 25.5 Å². The zero-order valence-electron chi connectivity index (χ0n) is 22.4. The number of benzene rings is 2. The van der Waals surface area contributed by atoms with Gasteiger partial charge in [-0.3, -0.25) is 14.4 Å². The van der Waals surface area contributed by atoms with Gasteiger partial charge in [-0.1, -0.05) is 24.3 Å². The lowest BCUT2D eigenvalue weighted by Gasteiger charge is -2.31. The fraction of sp³-hybridized carbons (Fsp3) is 0.357. The van der Waals surface area contributed by atoms with Crippen LogP contribution in [-0.4, -0.2) is 60.0 Å². The Morgan fingerprint density at radius 1 is 1.15 bits per heavy atom. The second-order valence-corrected chi connectivity index (χ2v) is 9.98. The summed E-state index contributed by atoms with van der Waals surface area (Å²) in [6, 6.07) is 13.1. The largest absolute Gasteiger partial charge is 0.497 e. The number of ether oxygens (including phenoxy) is 3. The summed E-state index contributed by atoms with van der Waals surface area (Å²) in [7, 11) is 1.56. The van der Waals surface area contributed by atoms with Crippen molar-refractivity contribution >= 4 is 34.9 Å². The fourth-order valence-electron chi connectivity index (χ4n) is 4.47. The maximum absolute atomic E-state index is 14.1. The minimum atomic E-state index is -1.05. The molecule has 212 valence electrons. The highest BCUT2D eigenvalue weighted by Gasteiger charge is 2.35. The number of nitrogens with two attached hydrogens (primary N) is 2. The lowest BCUT2D eigenvalue weighted by atomic mass is 10.0. The van der Waals surface area contributed by atoms with Crippen LogP contribution in [0.15, 0.2) is 48.5 Å². The van der Waals surface area contributed by atoms with Crippen LogP contribution in [0.2, 0.25) is 0 Å². The van der Waals surface area contributed by atoms with Gasteiger partial charge in [0.15, 0.2) is 5.69 Å². The van der Waals surface area contributed by atoms with E-state index in [1.165, 1.54) is 4.90 Å². The number of carbonyl (C=O) groups excluding carboxylic acids is 3. The first-order valence-electron chi connectivity index (χ1n) is 12.9. The van der Waals surface area contributed by atoms with Crippen molar-refractivity contribution in [2.45, 2.75) is 38.5 Å². The predicted octanol–water partition coefficient (Wildman–Crippen LogP) is 2.91. The molecule has 1 aromatic heterocycles. The number of methoxy groups -OCH3 is 1. The van der Waals surface area contributed by atoms with Crippen molar-refractivity contribution in [1.82, 2.24) is 14.6 Å². The topological polar surface area (TPSA) is 159 Å². The minimum absolute atomic E-state index is 0.0187. The number of nitrogens with zero attached hydrogens (tertiary/aromatic N) is 2. The molecule has 4 rings (SSSR count). The van der Waals surface area contributed by atoms with Gasteiger partial charge in [-0.15, -0.1) is 0 Å². The summed E-state index contributed by atoms with van der Waals surface area (Å²) < 4.78 is 20.5. The van der Waals surface area contributed by atoms with E-state index in [1.807, 2.05) is 19.1 Å². The number of hydrogen-bond donors (Lipinski definition) is 3. The Hall–Kier alpha value is -4.16. The number of aromatic nitrogens is 1. The van der Waals surface area contributed by atoms with Gasteiger partial charge in [0.2, 0.25) is 5.91 Å². The number of anilines is 1. The van der Waals surface area contributed by atoms with E-state index in [0.29, 0.717) is 36.8 Å². The number of amides is 3. The van der Waals surface area contributed by atoms with E-state index in [4.69, 9.17) is 25.7 Å². The van der Waals surface area contributed by atoms with Crippen LogP contribution >= 0.6 is 11.5 Å². The number of rotatable bonds is 12. The van der Waals surface area contributed by atoms with Crippen molar-refractivity contribution < 1.29 is 28.6 Å².